The Morgan fingerprint density at radius 3 is 1.73 bits per heavy atom. The molecular weight excluding hydrogens is 493 g/mol. The van der Waals surface area contributed by atoms with Gasteiger partial charge in [-0.3, -0.25) is 14.9 Å². The van der Waals surface area contributed by atoms with Gasteiger partial charge in [-0.25, -0.2) is 10.7 Å². The number of ketones is 1. The summed E-state index contributed by atoms with van der Waals surface area (Å²) in [5, 5.41) is 11.2. The van der Waals surface area contributed by atoms with Crippen LogP contribution in [0.25, 0.3) is 0 Å². The van der Waals surface area contributed by atoms with Gasteiger partial charge in [0, 0.05) is 18.6 Å². The van der Waals surface area contributed by atoms with Crippen molar-refractivity contribution >= 4 is 30.0 Å². The predicted octanol–water partition coefficient (Wildman–Crippen LogP) is 4.95. The zero-order valence-corrected chi connectivity index (χ0v) is 24.1. The third-order valence-corrected chi connectivity index (χ3v) is 7.97. The number of nitrogens with two attached hydrogens (primary N) is 1. The molecule has 1 aromatic rings. The lowest BCUT2D eigenvalue weighted by molar-refractivity contribution is -0.876. The molecule has 0 aliphatic carbocycles. The summed E-state index contributed by atoms with van der Waals surface area (Å²) < 4.78 is 0.192. The molecule has 1 aromatic carbocycles. The molecule has 0 bridgehead atoms. The van der Waals surface area contributed by atoms with Crippen LogP contribution in [0.5, 0.6) is 0 Å². The van der Waals surface area contributed by atoms with Crippen molar-refractivity contribution in [3.05, 3.63) is 34.4 Å². The van der Waals surface area contributed by atoms with Crippen LogP contribution in [0.1, 0.15) is 96.8 Å². The van der Waals surface area contributed by atoms with Crippen molar-refractivity contribution in [1.82, 2.24) is 0 Å². The third kappa shape index (κ3) is 13.6. The Morgan fingerprint density at radius 1 is 0.919 bits per heavy atom. The van der Waals surface area contributed by atoms with Gasteiger partial charge in [0.25, 0.3) is 5.69 Å². The molecule has 212 valence electrons. The number of nitrogens with zero attached hydrogens (tertiary/aromatic N) is 2. The number of carbonyl (C=O) groups excluding carboxylic acids is 1. The Morgan fingerprint density at radius 2 is 1.35 bits per heavy atom. The van der Waals surface area contributed by atoms with Crippen LogP contribution in [0.3, 0.4) is 0 Å². The van der Waals surface area contributed by atoms with Gasteiger partial charge < -0.3 is 14.9 Å². The van der Waals surface area contributed by atoms with Gasteiger partial charge in [-0.2, -0.15) is 0 Å². The van der Waals surface area contributed by atoms with Gasteiger partial charge in [-0.1, -0.05) is 84.0 Å². The normalized spacial score (nSPS) is 13.0. The number of Topliss-reactive ketones (excluding diaryl/α,β-unsaturated/α-hetero) is 1. The van der Waals surface area contributed by atoms with Crippen molar-refractivity contribution in [2.75, 3.05) is 21.1 Å². The van der Waals surface area contributed by atoms with Crippen molar-refractivity contribution in [2.24, 2.45) is 5.90 Å². The Hall–Kier alpha value is -1.74. The van der Waals surface area contributed by atoms with Gasteiger partial charge in [0.2, 0.25) is 11.8 Å². The summed E-state index contributed by atoms with van der Waals surface area (Å²) in [5.41, 5.74) is -0.0925. The van der Waals surface area contributed by atoms with Crippen molar-refractivity contribution in [3.8, 4) is 0 Å². The van der Waals surface area contributed by atoms with Crippen molar-refractivity contribution < 1.29 is 29.4 Å². The molecule has 0 aliphatic rings. The maximum atomic E-state index is 13.2. The van der Waals surface area contributed by atoms with E-state index in [0.29, 0.717) is 11.7 Å². The van der Waals surface area contributed by atoms with E-state index < -0.39 is 18.7 Å². The average Bonchev–Trinajstić information content (AvgIpc) is 2.84. The first kappa shape index (κ1) is 35.3. The van der Waals surface area contributed by atoms with Gasteiger partial charge in [0.15, 0.2) is 0 Å². The number of unbranched alkanes of at least 4 members (excludes halogenated alkanes) is 12. The molecule has 9 nitrogen and oxygen atoms in total. The van der Waals surface area contributed by atoms with E-state index in [4.69, 9.17) is 10.7 Å². The van der Waals surface area contributed by atoms with Gasteiger partial charge >= 0.3 is 5.48 Å². The number of rotatable bonds is 20. The summed E-state index contributed by atoms with van der Waals surface area (Å²) in [5.74, 6) is 5.45. The van der Waals surface area contributed by atoms with E-state index in [9.17, 15) is 19.8 Å². The Kier molecular flexibility index (Phi) is 18.4. The lowest BCUT2D eigenvalue weighted by Gasteiger charge is -2.31. The van der Waals surface area contributed by atoms with Crippen LogP contribution >= 0.6 is 7.77 Å². The monoisotopic (exact) mass is 541 g/mol. The van der Waals surface area contributed by atoms with Crippen molar-refractivity contribution in [2.45, 2.75) is 103 Å². The topological polar surface area (TPSA) is 149 Å². The van der Waals surface area contributed by atoms with Crippen LogP contribution in [-0.4, -0.2) is 53.3 Å². The molecule has 37 heavy (non-hydrogen) atoms. The van der Waals surface area contributed by atoms with E-state index >= 15 is 0 Å². The molecule has 0 aliphatic heterocycles. The largest absolute Gasteiger partial charge is 0.870 e. The minimum atomic E-state index is -2.28. The molecule has 2 unspecified atom stereocenters. The van der Waals surface area contributed by atoms with Crippen molar-refractivity contribution in [3.63, 3.8) is 0 Å². The minimum absolute atomic E-state index is 0. The number of nitro groups is 1. The maximum absolute atomic E-state index is 13.2. The highest BCUT2D eigenvalue weighted by atomic mass is 31.1. The van der Waals surface area contributed by atoms with E-state index in [1.54, 1.807) is 0 Å². The van der Waals surface area contributed by atoms with Gasteiger partial charge in [0.1, 0.15) is 13.1 Å². The standard InChI is InChI=1S/C27H47N3O5P.H2O/c1-5-6-7-8-9-10-11-12-13-14-15-16-17-18-25(31)26(30(2,3)4)27(35-28)36(34)24-21-19-23(20-22-24)29(32)33;/h19-22,26H,5-18,28H2,1-4H3;1H2/q+1;/p-1. The molecule has 1 rings (SSSR count). The van der Waals surface area contributed by atoms with E-state index in [-0.39, 0.29) is 26.9 Å². The third-order valence-electron chi connectivity index (χ3n) is 6.46. The fourth-order valence-electron chi connectivity index (χ4n) is 4.42. The molecule has 0 spiro atoms. The second kappa shape index (κ2) is 19.3. The Bertz CT molecular complexity index is 824. The smallest absolute Gasteiger partial charge is 0.310 e. The average molecular weight is 542 g/mol. The fourth-order valence-corrected chi connectivity index (χ4v) is 5.90. The van der Waals surface area contributed by atoms with Gasteiger partial charge in [-0.05, 0) is 18.6 Å². The number of hydrogen-bond acceptors (Lipinski definition) is 7. The first-order chi connectivity index (χ1) is 17.1. The highest BCUT2D eigenvalue weighted by molar-refractivity contribution is 7.59. The number of likely N-dealkylation sites (N-methyl/N-ethyl adjacent to an activating group) is 1. The van der Waals surface area contributed by atoms with Gasteiger partial charge in [0.05, 0.1) is 26.1 Å². The quantitative estimate of drug-likeness (QED) is 0.0807. The lowest BCUT2D eigenvalue weighted by Crippen LogP contribution is -2.55. The minimum Gasteiger partial charge on any atom is -0.870 e. The molecule has 3 N–H and O–H groups in total. The summed E-state index contributed by atoms with van der Waals surface area (Å²) in [6, 6.07) is 4.62. The van der Waals surface area contributed by atoms with Crippen LogP contribution in [0.4, 0.5) is 5.69 Å². The molecule has 0 amide bonds. The maximum Gasteiger partial charge on any atom is 0.310 e. The summed E-state index contributed by atoms with van der Waals surface area (Å²) in [7, 11) is 3.23. The fraction of sp³-hybridized carbons (Fsp3) is 0.704. The van der Waals surface area contributed by atoms with Gasteiger partial charge in [-0.15, -0.1) is 0 Å². The number of hydrogen-bond donors (Lipinski definition) is 1. The molecular formula is C27H48N3O6P. The second-order valence-corrected chi connectivity index (χ2v) is 12.0. The Labute approximate surface area is 223 Å². The summed E-state index contributed by atoms with van der Waals surface area (Å²) in [4.78, 5) is 41.8. The SMILES string of the molecule is CCCCCCCCCCCCCCCC(=O)C(C(ON)=[P+]([O-])c1ccc([N+](=O)[O-])cc1)[N+](C)(C)C.[OH-]. The second-order valence-electron chi connectivity index (χ2n) is 10.5. The number of nitro benzene ring substituents is 1. The first-order valence-electron chi connectivity index (χ1n) is 13.4. The van der Waals surface area contributed by atoms with Crippen LogP contribution in [0.2, 0.25) is 0 Å². The Balaban J connectivity index is 0.0000130. The molecule has 0 saturated heterocycles. The van der Waals surface area contributed by atoms with Crippen molar-refractivity contribution in [1.29, 1.82) is 0 Å². The van der Waals surface area contributed by atoms with E-state index in [1.165, 1.54) is 88.5 Å². The van der Waals surface area contributed by atoms with Crippen LogP contribution in [-0.2, 0) is 9.63 Å². The molecule has 0 aromatic heterocycles. The van der Waals surface area contributed by atoms with Crippen LogP contribution in [0.15, 0.2) is 24.3 Å². The molecule has 10 heteroatoms. The van der Waals surface area contributed by atoms with Crippen LogP contribution < -0.4 is 16.1 Å². The zero-order chi connectivity index (χ0) is 27.0. The molecule has 0 saturated carbocycles. The summed E-state index contributed by atoms with van der Waals surface area (Å²) in [6.07, 6.45) is 16.4. The molecule has 0 heterocycles. The molecule has 0 fully saturated rings. The highest BCUT2D eigenvalue weighted by Crippen LogP contribution is 2.24. The van der Waals surface area contributed by atoms with E-state index in [0.717, 1.165) is 19.3 Å². The first-order valence-corrected chi connectivity index (χ1v) is 14.7. The van der Waals surface area contributed by atoms with E-state index in [2.05, 4.69) is 6.92 Å². The number of non-ortho nitro benzene ring substituents is 1. The number of quaternary nitrogens is 1. The lowest BCUT2D eigenvalue weighted by atomic mass is 10.0. The zero-order valence-electron chi connectivity index (χ0n) is 23.2. The molecule has 0 radical (unpaired) electrons. The van der Waals surface area contributed by atoms with Crippen LogP contribution in [0, 0.1) is 10.1 Å². The predicted molar refractivity (Wildman–Crippen MR) is 149 cm³/mol. The van der Waals surface area contributed by atoms with E-state index in [1.807, 2.05) is 21.1 Å². The number of benzene rings is 1. The number of carbonyl (C=O) groups is 1. The highest BCUT2D eigenvalue weighted by Gasteiger charge is 2.41. The summed E-state index contributed by atoms with van der Waals surface area (Å²) >= 11 is 0. The molecule has 2 atom stereocenters. The summed E-state index contributed by atoms with van der Waals surface area (Å²) in [6.45, 7) is 2.25.